The Morgan fingerprint density at radius 1 is 0.385 bits per heavy atom. The van der Waals surface area contributed by atoms with E-state index in [1.54, 1.807) is 65.8 Å². The van der Waals surface area contributed by atoms with E-state index in [-0.39, 0.29) is 89.4 Å². The first-order valence-electron chi connectivity index (χ1n) is 24.1. The molecule has 22 heteroatoms. The Kier molecular flexibility index (Phi) is 15.3. The Bertz CT molecular complexity index is 3240. The number of nitrogens with zero attached hydrogens (tertiary/aromatic N) is 2. The molecule has 22 nitrogen and oxygen atoms in total. The highest BCUT2D eigenvalue weighted by atomic mass is 16.4. The van der Waals surface area contributed by atoms with E-state index < -0.39 is 119 Å². The van der Waals surface area contributed by atoms with Crippen molar-refractivity contribution in [2.45, 2.75) is 78.1 Å². The lowest BCUT2D eigenvalue weighted by molar-refractivity contribution is -0.156. The minimum atomic E-state index is -2.07. The number of carboxylic acids is 8. The van der Waals surface area contributed by atoms with Crippen molar-refractivity contribution >= 4 is 94.1 Å². The first-order chi connectivity index (χ1) is 36.4. The van der Waals surface area contributed by atoms with Crippen molar-refractivity contribution in [2.24, 2.45) is 23.7 Å². The van der Waals surface area contributed by atoms with Gasteiger partial charge in [-0.2, -0.15) is 0 Å². The van der Waals surface area contributed by atoms with Crippen LogP contribution >= 0.6 is 0 Å². The average molecular weight is 1070 g/mol. The van der Waals surface area contributed by atoms with Crippen LogP contribution in [0.2, 0.25) is 0 Å². The Balaban J connectivity index is 1.67. The van der Waals surface area contributed by atoms with Gasteiger partial charge in [-0.05, 0) is 130 Å². The number of hydrogen-bond acceptors (Lipinski definition) is 12. The third-order valence-electron chi connectivity index (χ3n) is 13.6. The minimum absolute atomic E-state index is 0.00132. The number of carbonyl (C=O) groups is 8. The van der Waals surface area contributed by atoms with Crippen molar-refractivity contribution in [3.8, 4) is 33.8 Å². The fraction of sp³-hybridized carbons (Fsp3) is 0.286. The zero-order valence-corrected chi connectivity index (χ0v) is 42.7. The third-order valence-corrected chi connectivity index (χ3v) is 13.6. The molecule has 5 heterocycles. The fourth-order valence-electron chi connectivity index (χ4n) is 9.39. The van der Waals surface area contributed by atoms with Crippen molar-refractivity contribution in [1.82, 2.24) is 19.9 Å². The number of benzene rings is 2. The number of aromatic nitrogens is 4. The molecule has 2 aromatic carbocycles. The number of aliphatic carboxylic acids is 8. The molecule has 5 aromatic rings. The number of hydrogen-bond donors (Lipinski definition) is 12. The van der Waals surface area contributed by atoms with Crippen LogP contribution in [-0.4, -0.2) is 119 Å². The summed E-state index contributed by atoms with van der Waals surface area (Å²) >= 11 is 0. The van der Waals surface area contributed by atoms with Crippen LogP contribution in [0.15, 0.2) is 48.5 Å². The molecule has 0 radical (unpaired) electrons. The van der Waals surface area contributed by atoms with Gasteiger partial charge in [0.15, 0.2) is 35.2 Å². The van der Waals surface area contributed by atoms with E-state index in [9.17, 15) is 89.4 Å². The molecule has 0 spiro atoms. The smallest absolute Gasteiger partial charge is 0.318 e. The quantitative estimate of drug-likeness (QED) is 0.0375. The molecule has 0 unspecified atom stereocenters. The number of H-pyrrole nitrogens is 2. The Hall–Kier alpha value is -9.60. The van der Waals surface area contributed by atoms with Crippen molar-refractivity contribution in [2.75, 3.05) is 0 Å². The molecule has 406 valence electrons. The van der Waals surface area contributed by atoms with Crippen LogP contribution in [0, 0.1) is 23.7 Å². The summed E-state index contributed by atoms with van der Waals surface area (Å²) in [5, 5.41) is 106. The van der Waals surface area contributed by atoms with Crippen molar-refractivity contribution in [3.63, 3.8) is 0 Å². The van der Waals surface area contributed by atoms with E-state index >= 15 is 0 Å². The molecule has 0 fully saturated rings. The molecular weight excluding hydrogens is 1020 g/mol. The van der Waals surface area contributed by atoms with Crippen LogP contribution < -0.4 is 0 Å². The van der Waals surface area contributed by atoms with Gasteiger partial charge in [0.2, 0.25) is 0 Å². The molecule has 0 aliphatic carbocycles. The van der Waals surface area contributed by atoms with Gasteiger partial charge < -0.3 is 61.0 Å². The zero-order valence-electron chi connectivity index (χ0n) is 42.7. The second-order valence-corrected chi connectivity index (χ2v) is 21.0. The van der Waals surface area contributed by atoms with Gasteiger partial charge in [-0.3, -0.25) is 38.4 Å². The lowest BCUT2D eigenvalue weighted by atomic mass is 9.78. The fourth-order valence-corrected chi connectivity index (χ4v) is 9.39. The van der Waals surface area contributed by atoms with E-state index in [4.69, 9.17) is 9.97 Å². The molecule has 0 saturated heterocycles. The van der Waals surface area contributed by atoms with E-state index in [1.807, 2.05) is 0 Å². The maximum atomic E-state index is 12.5. The Morgan fingerprint density at radius 2 is 0.615 bits per heavy atom. The molecule has 2 aliphatic heterocycles. The summed E-state index contributed by atoms with van der Waals surface area (Å²) in [6.45, 7) is 10.7. The number of aromatic amines is 2. The summed E-state index contributed by atoms with van der Waals surface area (Å²) in [7, 11) is 0. The highest BCUT2D eigenvalue weighted by Gasteiger charge is 2.36. The van der Waals surface area contributed by atoms with Gasteiger partial charge in [-0.15, -0.1) is 0 Å². The monoisotopic (exact) mass is 1070 g/mol. The standard InChI is InChI=1S/C56H54N4O18/c1-55(2,3)27-15-23(19-29(47(63)64)48(65)66)41(24(16-27)20-30(49(67)68)50(69)70)43-33-7-11-37(57-33)45(61)39-13-9-35(59-39)44(36-10-14-40(60-36)46(62)38-12-8-34(43)58-38)42-25(21-31(51(71)72)52(73)74)17-28(56(4,5)6)18-26(42)22-32(53(75)76)54(77)78/h7-18,29-32,57,60-62H,19-22H2,1-6H3,(H,63,64)(H,65,66)(H,67,68)(H,69,70)(H,71,72)(H,73,74)(H,75,76)(H,77,78). The molecule has 3 aromatic heterocycles. The van der Waals surface area contributed by atoms with Crippen LogP contribution in [0.4, 0.5) is 0 Å². The van der Waals surface area contributed by atoms with Crippen LogP contribution in [0.1, 0.15) is 97.7 Å². The highest BCUT2D eigenvalue weighted by molar-refractivity contribution is 6.01. The molecule has 7 rings (SSSR count). The second kappa shape index (κ2) is 21.2. The molecule has 8 bridgehead atoms. The van der Waals surface area contributed by atoms with Crippen molar-refractivity contribution in [3.05, 3.63) is 105 Å². The van der Waals surface area contributed by atoms with Crippen LogP contribution in [0.5, 0.6) is 11.5 Å². The predicted molar refractivity (Wildman–Crippen MR) is 280 cm³/mol. The van der Waals surface area contributed by atoms with E-state index in [0.29, 0.717) is 11.1 Å². The summed E-state index contributed by atoms with van der Waals surface area (Å²) in [6, 6.07) is 11.9. The van der Waals surface area contributed by atoms with Gasteiger partial charge in [-0.1, -0.05) is 65.8 Å². The molecule has 12 N–H and O–H groups in total. The van der Waals surface area contributed by atoms with E-state index in [2.05, 4.69) is 9.97 Å². The first-order valence-corrected chi connectivity index (χ1v) is 24.1. The van der Waals surface area contributed by atoms with Crippen molar-refractivity contribution in [1.29, 1.82) is 0 Å². The maximum absolute atomic E-state index is 12.5. The summed E-state index contributed by atoms with van der Waals surface area (Å²) in [5.41, 5.74) is -0.596. The SMILES string of the molecule is CC(C)(C)c1cc(CC(C(=O)O)C(=O)O)c(-c2c3nc(c(O)c4ccc([nH]4)c(-c4c(CC(C(=O)O)C(=O)O)cc(C(C)(C)C)cc4CC(C(=O)O)C(=O)O)c4nc(c(O)c5ccc2[nH]5)C=C4)C=C3)c(CC(C(=O)O)C(=O)O)c1. The average Bonchev–Trinajstić information content (AvgIpc) is 4.23. The minimum Gasteiger partial charge on any atom is -0.504 e. The third kappa shape index (κ3) is 11.3. The van der Waals surface area contributed by atoms with Crippen LogP contribution in [-0.2, 0) is 74.9 Å². The lowest BCUT2D eigenvalue weighted by Crippen LogP contribution is -2.28. The molecule has 78 heavy (non-hydrogen) atoms. The van der Waals surface area contributed by atoms with Gasteiger partial charge in [-0.25, -0.2) is 9.97 Å². The topological polar surface area (TPSA) is 396 Å². The molecule has 2 aliphatic rings. The van der Waals surface area contributed by atoms with Gasteiger partial charge >= 0.3 is 47.8 Å². The normalized spacial score (nSPS) is 12.4. The molecular formula is C56H54N4O18. The number of nitrogens with one attached hydrogen (secondary N) is 2. The summed E-state index contributed by atoms with van der Waals surface area (Å²) in [6.07, 6.45) is 2.80. The Morgan fingerprint density at radius 3 is 0.846 bits per heavy atom. The van der Waals surface area contributed by atoms with Gasteiger partial charge in [0.1, 0.15) is 11.4 Å². The molecule has 0 amide bonds. The van der Waals surface area contributed by atoms with E-state index in [0.717, 1.165) is 0 Å². The summed E-state index contributed by atoms with van der Waals surface area (Å²) in [4.78, 5) is 116. The van der Waals surface area contributed by atoms with Gasteiger partial charge in [0.05, 0.1) is 22.4 Å². The number of fused-ring (bicyclic) bond motifs is 8. The first kappa shape index (κ1) is 56.1. The van der Waals surface area contributed by atoms with Gasteiger partial charge in [0.25, 0.3) is 0 Å². The molecule has 0 saturated carbocycles. The van der Waals surface area contributed by atoms with Gasteiger partial charge in [0, 0.05) is 22.2 Å². The van der Waals surface area contributed by atoms with Crippen molar-refractivity contribution < 1.29 is 89.4 Å². The summed E-state index contributed by atoms with van der Waals surface area (Å²) < 4.78 is 0. The predicted octanol–water partition coefficient (Wildman–Crippen LogP) is 7.31. The molecule has 0 atom stereocenters. The van der Waals surface area contributed by atoms with Crippen LogP contribution in [0.3, 0.4) is 0 Å². The maximum Gasteiger partial charge on any atom is 0.318 e. The number of rotatable bonds is 18. The largest absolute Gasteiger partial charge is 0.504 e. The Labute approximate surface area is 442 Å². The van der Waals surface area contributed by atoms with E-state index in [1.165, 1.54) is 48.6 Å². The lowest BCUT2D eigenvalue weighted by Gasteiger charge is -2.26. The summed E-state index contributed by atoms with van der Waals surface area (Å²) in [5.74, 6) is -23.0. The number of aromatic hydroxyl groups is 2. The number of carboxylic acid groups (broad SMARTS) is 8. The highest BCUT2D eigenvalue weighted by Crippen LogP contribution is 2.44. The van der Waals surface area contributed by atoms with Crippen LogP contribution in [0.25, 0.3) is 68.6 Å². The zero-order chi connectivity index (χ0) is 57.6. The second-order valence-electron chi connectivity index (χ2n) is 21.0.